The summed E-state index contributed by atoms with van der Waals surface area (Å²) in [5, 5.41) is 4.83. The third-order valence-electron chi connectivity index (χ3n) is 2.21. The minimum Gasteiger partial charge on any atom is -0.497 e. The van der Waals surface area contributed by atoms with Crippen LogP contribution >= 0.6 is 23.4 Å². The van der Waals surface area contributed by atoms with E-state index < -0.39 is 0 Å². The van der Waals surface area contributed by atoms with Crippen molar-refractivity contribution in [2.45, 2.75) is 6.42 Å². The molecule has 2 rings (SSSR count). The maximum Gasteiger partial charge on any atom is 0.161 e. The molecule has 1 aromatic carbocycles. The van der Waals surface area contributed by atoms with Crippen molar-refractivity contribution < 1.29 is 4.74 Å². The van der Waals surface area contributed by atoms with Crippen LogP contribution in [0.25, 0.3) is 0 Å². The highest BCUT2D eigenvalue weighted by atomic mass is 35.5. The normalized spacial score (nSPS) is 15.5. The number of nitrogens with one attached hydrogen (secondary N) is 1. The van der Waals surface area contributed by atoms with Crippen LogP contribution in [0, 0.1) is 0 Å². The molecule has 0 saturated carbocycles. The van der Waals surface area contributed by atoms with Crippen LogP contribution in [0.3, 0.4) is 0 Å². The number of anilines is 1. The van der Waals surface area contributed by atoms with E-state index in [1.165, 1.54) is 0 Å². The average Bonchev–Trinajstić information content (AvgIpc) is 2.33. The molecule has 0 aromatic heterocycles. The van der Waals surface area contributed by atoms with Gasteiger partial charge in [-0.3, -0.25) is 4.99 Å². The first-order valence-electron chi connectivity index (χ1n) is 5.07. The largest absolute Gasteiger partial charge is 0.497 e. The van der Waals surface area contributed by atoms with E-state index in [0.717, 1.165) is 35.3 Å². The van der Waals surface area contributed by atoms with Crippen LogP contribution in [0.4, 0.5) is 5.69 Å². The molecule has 1 aliphatic rings. The van der Waals surface area contributed by atoms with E-state index in [2.05, 4.69) is 10.3 Å². The standard InChI is InChI=1S/C11H13ClN2OS/c1-15-8-3-4-9(12)10(7-8)14-11-13-5-2-6-16-11/h3-4,7H,2,5-6H2,1H3,(H,13,14). The van der Waals surface area contributed by atoms with Crippen LogP contribution in [0.15, 0.2) is 23.2 Å². The number of amidine groups is 1. The fraction of sp³-hybridized carbons (Fsp3) is 0.364. The zero-order chi connectivity index (χ0) is 11.4. The van der Waals surface area contributed by atoms with Crippen molar-refractivity contribution >= 4 is 34.2 Å². The molecule has 0 atom stereocenters. The van der Waals surface area contributed by atoms with Gasteiger partial charge in [0.25, 0.3) is 0 Å². The second-order valence-corrected chi connectivity index (χ2v) is 4.85. The summed E-state index contributed by atoms with van der Waals surface area (Å²) in [6.45, 7) is 0.886. The van der Waals surface area contributed by atoms with Crippen LogP contribution in [0.1, 0.15) is 6.42 Å². The van der Waals surface area contributed by atoms with Crippen LogP contribution in [-0.4, -0.2) is 24.6 Å². The summed E-state index contributed by atoms with van der Waals surface area (Å²) in [7, 11) is 1.64. The van der Waals surface area contributed by atoms with Gasteiger partial charge >= 0.3 is 0 Å². The molecule has 0 fully saturated rings. The van der Waals surface area contributed by atoms with Gasteiger partial charge in [0.2, 0.25) is 0 Å². The molecule has 1 aliphatic heterocycles. The third-order valence-corrected chi connectivity index (χ3v) is 3.54. The van der Waals surface area contributed by atoms with E-state index in [4.69, 9.17) is 16.3 Å². The summed E-state index contributed by atoms with van der Waals surface area (Å²) in [4.78, 5) is 4.39. The lowest BCUT2D eigenvalue weighted by Crippen LogP contribution is -2.13. The van der Waals surface area contributed by atoms with Gasteiger partial charge in [-0.25, -0.2) is 0 Å². The van der Waals surface area contributed by atoms with E-state index in [1.807, 2.05) is 18.2 Å². The van der Waals surface area contributed by atoms with Gasteiger partial charge in [-0.1, -0.05) is 23.4 Å². The highest BCUT2D eigenvalue weighted by Gasteiger charge is 2.08. The number of aliphatic imine (C=N–C) groups is 1. The number of benzene rings is 1. The molecule has 1 heterocycles. The first kappa shape index (κ1) is 11.6. The van der Waals surface area contributed by atoms with Crippen molar-refractivity contribution in [3.05, 3.63) is 23.2 Å². The van der Waals surface area contributed by atoms with Gasteiger partial charge in [0.1, 0.15) is 5.75 Å². The molecule has 86 valence electrons. The molecule has 3 nitrogen and oxygen atoms in total. The predicted octanol–water partition coefficient (Wildman–Crippen LogP) is 3.25. The molecule has 0 bridgehead atoms. The minimum absolute atomic E-state index is 0.676. The lowest BCUT2D eigenvalue weighted by atomic mass is 10.3. The van der Waals surface area contributed by atoms with Gasteiger partial charge in [-0.05, 0) is 18.6 Å². The van der Waals surface area contributed by atoms with Gasteiger partial charge in [0.15, 0.2) is 5.17 Å². The Bertz CT molecular complexity index is 409. The topological polar surface area (TPSA) is 33.6 Å². The summed E-state index contributed by atoms with van der Waals surface area (Å²) in [5.41, 5.74) is 0.842. The van der Waals surface area contributed by atoms with Gasteiger partial charge in [0.05, 0.1) is 17.8 Å². The number of ether oxygens (including phenoxy) is 1. The van der Waals surface area contributed by atoms with Crippen LogP contribution in [0.2, 0.25) is 5.02 Å². The number of halogens is 1. The van der Waals surface area contributed by atoms with Gasteiger partial charge in [-0.15, -0.1) is 0 Å². The first-order chi connectivity index (χ1) is 7.79. The Labute approximate surface area is 104 Å². The molecule has 0 aliphatic carbocycles. The summed E-state index contributed by atoms with van der Waals surface area (Å²) in [6, 6.07) is 5.53. The van der Waals surface area contributed by atoms with Crippen molar-refractivity contribution in [3.8, 4) is 5.75 Å². The van der Waals surface area contributed by atoms with Crippen LogP contribution < -0.4 is 10.1 Å². The Morgan fingerprint density at radius 3 is 3.06 bits per heavy atom. The Morgan fingerprint density at radius 2 is 2.38 bits per heavy atom. The number of methoxy groups -OCH3 is 1. The van der Waals surface area contributed by atoms with Crippen LogP contribution in [0.5, 0.6) is 5.75 Å². The fourth-order valence-corrected chi connectivity index (χ4v) is 2.37. The Hall–Kier alpha value is -0.870. The fourth-order valence-electron chi connectivity index (χ4n) is 1.38. The maximum absolute atomic E-state index is 6.09. The number of hydrogen-bond donors (Lipinski definition) is 1. The molecule has 5 heteroatoms. The quantitative estimate of drug-likeness (QED) is 0.882. The summed E-state index contributed by atoms with van der Waals surface area (Å²) < 4.78 is 5.15. The molecule has 0 saturated heterocycles. The monoisotopic (exact) mass is 256 g/mol. The first-order valence-corrected chi connectivity index (χ1v) is 6.44. The molecular formula is C11H13ClN2OS. The van der Waals surface area contributed by atoms with Crippen molar-refractivity contribution in [1.29, 1.82) is 0 Å². The molecule has 0 unspecified atom stereocenters. The summed E-state index contributed by atoms with van der Waals surface area (Å²) >= 11 is 7.81. The maximum atomic E-state index is 6.09. The van der Waals surface area contributed by atoms with Crippen molar-refractivity contribution in [3.63, 3.8) is 0 Å². The number of thioether (sulfide) groups is 1. The predicted molar refractivity (Wildman–Crippen MR) is 71.0 cm³/mol. The second-order valence-electron chi connectivity index (χ2n) is 3.36. The molecule has 16 heavy (non-hydrogen) atoms. The van der Waals surface area contributed by atoms with E-state index in [0.29, 0.717) is 5.02 Å². The highest BCUT2D eigenvalue weighted by molar-refractivity contribution is 8.14. The molecule has 0 spiro atoms. The lowest BCUT2D eigenvalue weighted by molar-refractivity contribution is 0.415. The van der Waals surface area contributed by atoms with E-state index >= 15 is 0 Å². The van der Waals surface area contributed by atoms with Crippen LogP contribution in [-0.2, 0) is 0 Å². The number of rotatable bonds is 2. The lowest BCUT2D eigenvalue weighted by Gasteiger charge is -2.14. The van der Waals surface area contributed by atoms with E-state index in [-0.39, 0.29) is 0 Å². The Balaban J connectivity index is 2.16. The summed E-state index contributed by atoms with van der Waals surface area (Å²) in [5.74, 6) is 1.89. The van der Waals surface area contributed by atoms with Crippen molar-refractivity contribution in [2.75, 3.05) is 24.7 Å². The molecule has 1 N–H and O–H groups in total. The van der Waals surface area contributed by atoms with E-state index in [1.54, 1.807) is 18.9 Å². The minimum atomic E-state index is 0.676. The SMILES string of the molecule is COc1ccc(Cl)c(NC2=NCCCS2)c1. The molecule has 0 amide bonds. The third kappa shape index (κ3) is 2.83. The van der Waals surface area contributed by atoms with Crippen molar-refractivity contribution in [2.24, 2.45) is 4.99 Å². The van der Waals surface area contributed by atoms with Gasteiger partial charge in [0, 0.05) is 18.4 Å². The number of nitrogens with zero attached hydrogens (tertiary/aromatic N) is 1. The number of hydrogen-bond acceptors (Lipinski definition) is 4. The average molecular weight is 257 g/mol. The summed E-state index contributed by atoms with van der Waals surface area (Å²) in [6.07, 6.45) is 1.14. The van der Waals surface area contributed by atoms with Gasteiger partial charge < -0.3 is 10.1 Å². The Kier molecular flexibility index (Phi) is 3.96. The molecule has 1 aromatic rings. The molecule has 0 radical (unpaired) electrons. The highest BCUT2D eigenvalue weighted by Crippen LogP contribution is 2.28. The van der Waals surface area contributed by atoms with Gasteiger partial charge in [-0.2, -0.15) is 0 Å². The Morgan fingerprint density at radius 1 is 1.50 bits per heavy atom. The second kappa shape index (κ2) is 5.46. The zero-order valence-corrected chi connectivity index (χ0v) is 10.6. The zero-order valence-electron chi connectivity index (χ0n) is 9.00. The van der Waals surface area contributed by atoms with Crippen molar-refractivity contribution in [1.82, 2.24) is 0 Å². The molecular weight excluding hydrogens is 244 g/mol. The smallest absolute Gasteiger partial charge is 0.161 e. The van der Waals surface area contributed by atoms with E-state index in [9.17, 15) is 0 Å².